The van der Waals surface area contributed by atoms with Gasteiger partial charge in [0.1, 0.15) is 0 Å². The number of nitrogens with one attached hydrogen (secondary N) is 2. The van der Waals surface area contributed by atoms with Crippen LogP contribution < -0.4 is 11.1 Å². The molecule has 0 radical (unpaired) electrons. The summed E-state index contributed by atoms with van der Waals surface area (Å²) in [5.74, 6) is -0.196. The normalized spacial score (nSPS) is 12.1. The van der Waals surface area contributed by atoms with E-state index in [9.17, 15) is 4.79 Å². The molecule has 0 aliphatic rings. The number of nitrogen functional groups attached to an aromatic ring is 1. The van der Waals surface area contributed by atoms with E-state index in [0.29, 0.717) is 0 Å². The van der Waals surface area contributed by atoms with E-state index in [0.717, 1.165) is 17.7 Å². The number of carbonyl (C=O) groups is 1. The van der Waals surface area contributed by atoms with E-state index in [1.165, 1.54) is 0 Å². The molecule has 1 amide bonds. The van der Waals surface area contributed by atoms with Gasteiger partial charge >= 0.3 is 0 Å². The van der Waals surface area contributed by atoms with Gasteiger partial charge in [-0.15, -0.1) is 5.10 Å². The summed E-state index contributed by atoms with van der Waals surface area (Å²) in [5, 5.41) is 8.97. The zero-order valence-electron chi connectivity index (χ0n) is 10.8. The summed E-state index contributed by atoms with van der Waals surface area (Å²) >= 11 is 0. The molecule has 0 saturated heterocycles. The lowest BCUT2D eigenvalue weighted by Gasteiger charge is -2.17. The maximum Gasteiger partial charge on any atom is 0.289 e. The molecule has 0 fully saturated rings. The van der Waals surface area contributed by atoms with Crippen LogP contribution >= 0.6 is 0 Å². The maximum atomic E-state index is 12.0. The van der Waals surface area contributed by atoms with E-state index in [1.54, 1.807) is 6.20 Å². The topological polar surface area (TPSA) is 110 Å². The fourth-order valence-corrected chi connectivity index (χ4v) is 1.83. The molecular weight excluding hydrogens is 244 g/mol. The zero-order chi connectivity index (χ0) is 13.8. The van der Waals surface area contributed by atoms with Gasteiger partial charge in [-0.05, 0) is 25.0 Å². The lowest BCUT2D eigenvalue weighted by molar-refractivity contribution is 0.0924. The number of amides is 1. The van der Waals surface area contributed by atoms with Crippen molar-refractivity contribution < 1.29 is 4.79 Å². The minimum absolute atomic E-state index is 0.0483. The third-order valence-corrected chi connectivity index (χ3v) is 2.81. The van der Waals surface area contributed by atoms with E-state index < -0.39 is 0 Å². The van der Waals surface area contributed by atoms with Gasteiger partial charge in [-0.1, -0.05) is 13.0 Å². The van der Waals surface area contributed by atoms with Crippen LogP contribution in [0, 0.1) is 6.92 Å². The van der Waals surface area contributed by atoms with Gasteiger partial charge in [-0.25, -0.2) is 0 Å². The van der Waals surface area contributed by atoms with Crippen molar-refractivity contribution in [3.8, 4) is 0 Å². The highest BCUT2D eigenvalue weighted by atomic mass is 16.2. The number of hydrogen-bond donors (Lipinski definition) is 3. The van der Waals surface area contributed by atoms with E-state index in [1.807, 2.05) is 26.0 Å². The number of aromatic amines is 1. The Hall–Kier alpha value is -2.44. The van der Waals surface area contributed by atoms with Crippen molar-refractivity contribution in [3.63, 3.8) is 0 Å². The maximum absolute atomic E-state index is 12.0. The zero-order valence-corrected chi connectivity index (χ0v) is 10.8. The predicted molar refractivity (Wildman–Crippen MR) is 70.3 cm³/mol. The van der Waals surface area contributed by atoms with E-state index in [4.69, 9.17) is 5.73 Å². The molecule has 2 rings (SSSR count). The predicted octanol–water partition coefficient (Wildman–Crippen LogP) is 0.971. The summed E-state index contributed by atoms with van der Waals surface area (Å²) in [6.07, 6.45) is 2.44. The number of anilines is 1. The van der Waals surface area contributed by atoms with Crippen molar-refractivity contribution >= 4 is 11.9 Å². The molecule has 7 nitrogen and oxygen atoms in total. The van der Waals surface area contributed by atoms with Crippen LogP contribution in [-0.2, 0) is 0 Å². The Balaban J connectivity index is 2.16. The van der Waals surface area contributed by atoms with Gasteiger partial charge in [0.15, 0.2) is 0 Å². The van der Waals surface area contributed by atoms with Gasteiger partial charge in [-0.3, -0.25) is 14.9 Å². The Morgan fingerprint density at radius 1 is 1.58 bits per heavy atom. The number of aromatic nitrogens is 4. The number of pyridine rings is 1. The van der Waals surface area contributed by atoms with Crippen LogP contribution in [0.5, 0.6) is 0 Å². The lowest BCUT2D eigenvalue weighted by atomic mass is 10.1. The minimum atomic E-state index is -0.346. The van der Waals surface area contributed by atoms with E-state index in [-0.39, 0.29) is 23.7 Å². The van der Waals surface area contributed by atoms with Crippen LogP contribution in [-0.4, -0.2) is 26.1 Å². The van der Waals surface area contributed by atoms with Crippen LogP contribution in [0.1, 0.15) is 41.3 Å². The van der Waals surface area contributed by atoms with Crippen LogP contribution in [0.25, 0.3) is 0 Å². The van der Waals surface area contributed by atoms with Crippen LogP contribution in [0.3, 0.4) is 0 Å². The highest BCUT2D eigenvalue weighted by molar-refractivity contribution is 5.90. The number of aryl methyl sites for hydroxylation is 1. The molecule has 0 spiro atoms. The second-order valence-electron chi connectivity index (χ2n) is 4.18. The Labute approximate surface area is 110 Å². The molecule has 0 aliphatic carbocycles. The van der Waals surface area contributed by atoms with Gasteiger partial charge in [0.05, 0.1) is 11.7 Å². The molecule has 2 aromatic heterocycles. The number of hydrogen-bond acceptors (Lipinski definition) is 5. The van der Waals surface area contributed by atoms with Gasteiger partial charge in [0.2, 0.25) is 11.8 Å². The van der Waals surface area contributed by atoms with Crippen LogP contribution in [0.2, 0.25) is 0 Å². The number of nitrogens with two attached hydrogens (primary N) is 1. The molecule has 2 aromatic rings. The Kier molecular flexibility index (Phi) is 3.74. The number of carbonyl (C=O) groups excluding carboxylic acids is 1. The third kappa shape index (κ3) is 2.87. The van der Waals surface area contributed by atoms with Crippen molar-refractivity contribution in [1.82, 2.24) is 25.5 Å². The van der Waals surface area contributed by atoms with Gasteiger partial charge in [0.25, 0.3) is 5.91 Å². The van der Waals surface area contributed by atoms with E-state index >= 15 is 0 Å². The van der Waals surface area contributed by atoms with Crippen molar-refractivity contribution in [1.29, 1.82) is 0 Å². The summed E-state index contributed by atoms with van der Waals surface area (Å²) < 4.78 is 0. The fraction of sp³-hybridized carbons (Fsp3) is 0.333. The Morgan fingerprint density at radius 2 is 2.37 bits per heavy atom. The fourth-order valence-electron chi connectivity index (χ4n) is 1.83. The molecular formula is C12H16N6O. The highest BCUT2D eigenvalue weighted by Crippen LogP contribution is 2.17. The van der Waals surface area contributed by atoms with Crippen LogP contribution in [0.15, 0.2) is 18.3 Å². The summed E-state index contributed by atoms with van der Waals surface area (Å²) in [6, 6.07) is 3.66. The SMILES string of the molecule is CCC(NC(=O)c1nc(N)n[nH]1)c1ncccc1C. The molecule has 0 aliphatic heterocycles. The molecule has 0 bridgehead atoms. The summed E-state index contributed by atoms with van der Waals surface area (Å²) in [5.41, 5.74) is 7.26. The first-order valence-corrected chi connectivity index (χ1v) is 6.02. The molecule has 19 heavy (non-hydrogen) atoms. The van der Waals surface area contributed by atoms with E-state index in [2.05, 4.69) is 25.5 Å². The van der Waals surface area contributed by atoms with Gasteiger partial charge in [-0.2, -0.15) is 4.98 Å². The number of rotatable bonds is 4. The number of nitrogens with zero attached hydrogens (tertiary/aromatic N) is 3. The molecule has 4 N–H and O–H groups in total. The first-order chi connectivity index (χ1) is 9.11. The smallest absolute Gasteiger partial charge is 0.289 e. The van der Waals surface area contributed by atoms with Crippen molar-refractivity contribution in [3.05, 3.63) is 35.4 Å². The summed E-state index contributed by atoms with van der Waals surface area (Å²) in [7, 11) is 0. The molecule has 0 aromatic carbocycles. The average Bonchev–Trinajstić information content (AvgIpc) is 2.83. The minimum Gasteiger partial charge on any atom is -0.366 e. The van der Waals surface area contributed by atoms with Crippen molar-refractivity contribution in [2.45, 2.75) is 26.3 Å². The second-order valence-corrected chi connectivity index (χ2v) is 4.18. The quantitative estimate of drug-likeness (QED) is 0.758. The van der Waals surface area contributed by atoms with Crippen molar-refractivity contribution in [2.24, 2.45) is 0 Å². The second kappa shape index (κ2) is 5.47. The highest BCUT2D eigenvalue weighted by Gasteiger charge is 2.18. The monoisotopic (exact) mass is 260 g/mol. The Bertz CT molecular complexity index is 579. The molecule has 1 unspecified atom stereocenters. The van der Waals surface area contributed by atoms with Crippen molar-refractivity contribution in [2.75, 3.05) is 5.73 Å². The van der Waals surface area contributed by atoms with Gasteiger partial charge < -0.3 is 11.1 Å². The Morgan fingerprint density at radius 3 is 2.95 bits per heavy atom. The first-order valence-electron chi connectivity index (χ1n) is 6.02. The molecule has 0 saturated carbocycles. The average molecular weight is 260 g/mol. The first kappa shape index (κ1) is 13.0. The molecule has 7 heteroatoms. The largest absolute Gasteiger partial charge is 0.366 e. The van der Waals surface area contributed by atoms with Crippen LogP contribution in [0.4, 0.5) is 5.95 Å². The lowest BCUT2D eigenvalue weighted by Crippen LogP contribution is -2.30. The third-order valence-electron chi connectivity index (χ3n) is 2.81. The standard InChI is InChI=1S/C12H16N6O/c1-3-8(9-7(2)5-4-6-14-9)15-11(19)10-16-12(13)18-17-10/h4-6,8H,3H2,1-2H3,(H,15,19)(H3,13,16,17,18). The van der Waals surface area contributed by atoms with Gasteiger partial charge in [0, 0.05) is 6.20 Å². The molecule has 100 valence electrons. The molecule has 2 heterocycles. The summed E-state index contributed by atoms with van der Waals surface area (Å²) in [4.78, 5) is 20.1. The number of H-pyrrole nitrogens is 1. The molecule has 1 atom stereocenters. The summed E-state index contributed by atoms with van der Waals surface area (Å²) in [6.45, 7) is 3.94.